The highest BCUT2D eigenvalue weighted by atomic mass is 19.3. The molecular formula is C13H16F2N2O3. The Labute approximate surface area is 115 Å². The Kier molecular flexibility index (Phi) is 3.89. The van der Waals surface area contributed by atoms with Gasteiger partial charge in [0.1, 0.15) is 5.60 Å². The van der Waals surface area contributed by atoms with Crippen molar-refractivity contribution in [3.8, 4) is 5.88 Å². The molecule has 0 atom stereocenters. The largest absolute Gasteiger partial charge is 0.478 e. The molecule has 0 bridgehead atoms. The molecule has 1 aromatic rings. The van der Waals surface area contributed by atoms with Crippen LogP contribution in [0.1, 0.15) is 26.2 Å². The van der Waals surface area contributed by atoms with Crippen molar-refractivity contribution in [3.63, 3.8) is 0 Å². The van der Waals surface area contributed by atoms with Gasteiger partial charge in [-0.05, 0) is 32.3 Å². The van der Waals surface area contributed by atoms with Crippen molar-refractivity contribution in [3.05, 3.63) is 18.3 Å². The number of rotatable bonds is 5. The summed E-state index contributed by atoms with van der Waals surface area (Å²) in [5, 5.41) is 11.7. The molecule has 1 aliphatic rings. The molecular weight excluding hydrogens is 270 g/mol. The van der Waals surface area contributed by atoms with Crippen LogP contribution in [0.25, 0.3) is 0 Å². The molecule has 1 heterocycles. The molecule has 1 saturated carbocycles. The Morgan fingerprint density at radius 1 is 1.55 bits per heavy atom. The minimum Gasteiger partial charge on any atom is -0.478 e. The lowest BCUT2D eigenvalue weighted by Gasteiger charge is -2.41. The molecule has 7 heteroatoms. The third-order valence-electron chi connectivity index (χ3n) is 3.34. The number of aromatic nitrogens is 1. The fourth-order valence-corrected chi connectivity index (χ4v) is 1.93. The van der Waals surface area contributed by atoms with Crippen LogP contribution in [-0.4, -0.2) is 34.1 Å². The lowest BCUT2D eigenvalue weighted by atomic mass is 9.75. The summed E-state index contributed by atoms with van der Waals surface area (Å²) in [6.45, 7) is 2.22. The molecule has 0 radical (unpaired) electrons. The lowest BCUT2D eigenvalue weighted by molar-refractivity contribution is -0.212. The first-order chi connectivity index (χ1) is 9.39. The van der Waals surface area contributed by atoms with Gasteiger partial charge >= 0.3 is 5.92 Å². The molecule has 0 aromatic carbocycles. The van der Waals surface area contributed by atoms with Crippen LogP contribution >= 0.6 is 0 Å². The quantitative estimate of drug-likeness (QED) is 0.868. The SMILES string of the molecule is CCOc1ccc(NC(=O)C(F)(F)C2(O)CCC2)cn1. The van der Waals surface area contributed by atoms with Gasteiger partial charge in [-0.1, -0.05) is 0 Å². The summed E-state index contributed by atoms with van der Waals surface area (Å²) >= 11 is 0. The molecule has 1 aliphatic carbocycles. The number of amides is 1. The van der Waals surface area contributed by atoms with Gasteiger partial charge in [0.15, 0.2) is 0 Å². The molecule has 1 amide bonds. The molecule has 1 aromatic heterocycles. The molecule has 2 N–H and O–H groups in total. The minimum absolute atomic E-state index is 0.0745. The van der Waals surface area contributed by atoms with Crippen LogP contribution < -0.4 is 10.1 Å². The van der Waals surface area contributed by atoms with Gasteiger partial charge in [-0.3, -0.25) is 4.79 Å². The van der Waals surface area contributed by atoms with Crippen LogP contribution in [0.15, 0.2) is 18.3 Å². The van der Waals surface area contributed by atoms with Crippen molar-refractivity contribution in [2.24, 2.45) is 0 Å². The van der Waals surface area contributed by atoms with E-state index in [2.05, 4.69) is 10.3 Å². The zero-order valence-electron chi connectivity index (χ0n) is 11.0. The summed E-state index contributed by atoms with van der Waals surface area (Å²) in [4.78, 5) is 15.5. The summed E-state index contributed by atoms with van der Waals surface area (Å²) < 4.78 is 32.8. The van der Waals surface area contributed by atoms with Gasteiger partial charge in [0.05, 0.1) is 18.5 Å². The second-order valence-electron chi connectivity index (χ2n) is 4.73. The molecule has 0 unspecified atom stereocenters. The van der Waals surface area contributed by atoms with E-state index in [1.54, 1.807) is 6.92 Å². The number of halogens is 2. The fraction of sp³-hybridized carbons (Fsp3) is 0.538. The topological polar surface area (TPSA) is 71.5 Å². The Balaban J connectivity index is 2.03. The Morgan fingerprint density at radius 3 is 2.70 bits per heavy atom. The summed E-state index contributed by atoms with van der Waals surface area (Å²) in [7, 11) is 0. The average molecular weight is 286 g/mol. The first-order valence-corrected chi connectivity index (χ1v) is 6.39. The zero-order chi connectivity index (χ0) is 14.8. The molecule has 110 valence electrons. The van der Waals surface area contributed by atoms with Crippen LogP contribution in [0.3, 0.4) is 0 Å². The number of hydrogen-bond acceptors (Lipinski definition) is 4. The normalized spacial score (nSPS) is 17.2. The van der Waals surface area contributed by atoms with Gasteiger partial charge in [-0.2, -0.15) is 8.78 Å². The van der Waals surface area contributed by atoms with Crippen LogP contribution in [0.5, 0.6) is 5.88 Å². The van der Waals surface area contributed by atoms with E-state index < -0.39 is 17.4 Å². The monoisotopic (exact) mass is 286 g/mol. The second-order valence-corrected chi connectivity index (χ2v) is 4.73. The maximum Gasteiger partial charge on any atom is 0.352 e. The zero-order valence-corrected chi connectivity index (χ0v) is 11.0. The number of anilines is 1. The highest BCUT2D eigenvalue weighted by Crippen LogP contribution is 2.44. The van der Waals surface area contributed by atoms with E-state index in [9.17, 15) is 18.7 Å². The van der Waals surface area contributed by atoms with E-state index in [-0.39, 0.29) is 18.5 Å². The molecule has 20 heavy (non-hydrogen) atoms. The lowest BCUT2D eigenvalue weighted by Crippen LogP contribution is -2.59. The van der Waals surface area contributed by atoms with Crippen molar-refractivity contribution in [2.75, 3.05) is 11.9 Å². The Morgan fingerprint density at radius 2 is 2.25 bits per heavy atom. The van der Waals surface area contributed by atoms with Gasteiger partial charge < -0.3 is 15.2 Å². The Hall–Kier alpha value is -1.76. The van der Waals surface area contributed by atoms with Crippen LogP contribution in [0.2, 0.25) is 0 Å². The summed E-state index contributed by atoms with van der Waals surface area (Å²) in [6.07, 6.45) is 1.57. The van der Waals surface area contributed by atoms with Gasteiger partial charge in [0, 0.05) is 6.07 Å². The summed E-state index contributed by atoms with van der Waals surface area (Å²) in [5.41, 5.74) is -2.10. The van der Waals surface area contributed by atoms with E-state index in [1.165, 1.54) is 18.3 Å². The predicted octanol–water partition coefficient (Wildman–Crippen LogP) is 1.97. The smallest absolute Gasteiger partial charge is 0.352 e. The number of aliphatic hydroxyl groups is 1. The summed E-state index contributed by atoms with van der Waals surface area (Å²) in [6, 6.07) is 2.88. The van der Waals surface area contributed by atoms with Crippen LogP contribution in [0.4, 0.5) is 14.5 Å². The minimum atomic E-state index is -3.82. The molecule has 0 saturated heterocycles. The van der Waals surface area contributed by atoms with Gasteiger partial charge in [-0.25, -0.2) is 4.98 Å². The first-order valence-electron chi connectivity index (χ1n) is 6.39. The van der Waals surface area contributed by atoms with Crippen molar-refractivity contribution >= 4 is 11.6 Å². The van der Waals surface area contributed by atoms with E-state index in [1.807, 2.05) is 0 Å². The van der Waals surface area contributed by atoms with Gasteiger partial charge in [0.25, 0.3) is 5.91 Å². The Bertz CT molecular complexity index is 487. The van der Waals surface area contributed by atoms with Gasteiger partial charge in [0.2, 0.25) is 5.88 Å². The maximum atomic E-state index is 13.8. The van der Waals surface area contributed by atoms with Crippen molar-refractivity contribution in [1.29, 1.82) is 0 Å². The molecule has 0 spiro atoms. The summed E-state index contributed by atoms with van der Waals surface area (Å²) in [5.74, 6) is -5.00. The molecule has 2 rings (SSSR count). The molecule has 0 aliphatic heterocycles. The number of nitrogens with zero attached hydrogens (tertiary/aromatic N) is 1. The number of pyridine rings is 1. The van der Waals surface area contributed by atoms with Crippen LogP contribution in [0, 0.1) is 0 Å². The number of hydrogen-bond donors (Lipinski definition) is 2. The van der Waals surface area contributed by atoms with E-state index in [0.29, 0.717) is 18.9 Å². The van der Waals surface area contributed by atoms with Crippen molar-refractivity contribution in [2.45, 2.75) is 37.7 Å². The van der Waals surface area contributed by atoms with E-state index in [4.69, 9.17) is 4.74 Å². The third-order valence-corrected chi connectivity index (χ3v) is 3.34. The van der Waals surface area contributed by atoms with Crippen molar-refractivity contribution < 1.29 is 23.4 Å². The highest BCUT2D eigenvalue weighted by Gasteiger charge is 2.61. The van der Waals surface area contributed by atoms with E-state index in [0.717, 1.165) is 0 Å². The fourth-order valence-electron chi connectivity index (χ4n) is 1.93. The number of carbonyl (C=O) groups is 1. The molecule has 5 nitrogen and oxygen atoms in total. The van der Waals surface area contributed by atoms with Gasteiger partial charge in [-0.15, -0.1) is 0 Å². The van der Waals surface area contributed by atoms with Crippen LogP contribution in [-0.2, 0) is 4.79 Å². The maximum absolute atomic E-state index is 13.8. The second kappa shape index (κ2) is 5.32. The first kappa shape index (κ1) is 14.6. The molecule has 1 fully saturated rings. The highest BCUT2D eigenvalue weighted by molar-refractivity contribution is 5.97. The number of nitrogens with one attached hydrogen (secondary N) is 1. The standard InChI is InChI=1S/C13H16F2N2O3/c1-2-20-10-5-4-9(8-16-10)17-11(18)13(14,15)12(19)6-3-7-12/h4-5,8,19H,2-3,6-7H2,1H3,(H,17,18). The predicted molar refractivity (Wildman–Crippen MR) is 67.8 cm³/mol. The van der Waals surface area contributed by atoms with E-state index >= 15 is 0 Å². The number of carbonyl (C=O) groups excluding carboxylic acids is 1. The number of ether oxygens (including phenoxy) is 1. The average Bonchev–Trinajstić information content (AvgIpc) is 2.38. The third kappa shape index (κ3) is 2.58. The number of alkyl halides is 2. The van der Waals surface area contributed by atoms with Crippen molar-refractivity contribution in [1.82, 2.24) is 4.98 Å².